The molecule has 14 nitrogen and oxygen atoms in total. The number of carbonyl (C=O) groups excluding carboxylic acids is 2. The second-order valence-corrected chi connectivity index (χ2v) is 11.1. The Morgan fingerprint density at radius 1 is 0.745 bits per heavy atom. The Hall–Kier alpha value is -7.35. The number of nitrogens with one attached hydrogen (secondary N) is 1. The molecule has 0 spiro atoms. The van der Waals surface area contributed by atoms with Crippen LogP contribution in [0, 0.1) is 0 Å². The highest BCUT2D eigenvalue weighted by molar-refractivity contribution is 5.96. The van der Waals surface area contributed by atoms with Crippen molar-refractivity contribution in [1.82, 2.24) is 9.97 Å². The quantitative estimate of drug-likeness (QED) is 0.0648. The summed E-state index contributed by atoms with van der Waals surface area (Å²) in [6.07, 6.45) is 2.37. The molecule has 0 saturated carbocycles. The number of benzene rings is 5. The SMILES string of the molecule is CC(=O)[O-].COc1cc(C(=O)OCc2ccccc2)c(N)cc1OCc1ccccc1.COc1cc2c(=O)[nH]cnc2cc1OCc1ccccc1.NC=[NH2+]. The fraction of sp³-hybridized carbons (Fsp3) is 0.146. The number of carboxylic acids is 1. The number of methoxy groups -OCH3 is 2. The van der Waals surface area contributed by atoms with E-state index in [0.717, 1.165) is 30.0 Å². The van der Waals surface area contributed by atoms with Gasteiger partial charge in [0.2, 0.25) is 6.34 Å². The van der Waals surface area contributed by atoms with Crippen LogP contribution >= 0.6 is 0 Å². The van der Waals surface area contributed by atoms with Crippen molar-refractivity contribution in [3.63, 3.8) is 0 Å². The molecule has 0 atom stereocenters. The molecule has 286 valence electrons. The van der Waals surface area contributed by atoms with Crippen LogP contribution in [0.1, 0.15) is 34.0 Å². The fourth-order valence-corrected chi connectivity index (χ4v) is 4.64. The van der Waals surface area contributed by atoms with Gasteiger partial charge in [0.25, 0.3) is 5.56 Å². The lowest BCUT2D eigenvalue weighted by atomic mass is 10.1. The lowest BCUT2D eigenvalue weighted by Gasteiger charge is -2.14. The molecule has 0 aliphatic rings. The molecule has 0 amide bonds. The maximum atomic E-state index is 12.4. The summed E-state index contributed by atoms with van der Waals surface area (Å²) >= 11 is 0. The molecule has 14 heteroatoms. The van der Waals surface area contributed by atoms with Gasteiger partial charge >= 0.3 is 5.97 Å². The van der Waals surface area contributed by atoms with Crippen LogP contribution in [-0.2, 0) is 29.4 Å². The summed E-state index contributed by atoms with van der Waals surface area (Å²) in [6, 6.07) is 35.5. The van der Waals surface area contributed by atoms with Crippen LogP contribution in [0.5, 0.6) is 23.0 Å². The first-order valence-corrected chi connectivity index (χ1v) is 16.6. The molecule has 1 heterocycles. The van der Waals surface area contributed by atoms with Gasteiger partial charge in [0, 0.05) is 24.2 Å². The minimum atomic E-state index is -1.08. The molecular weight excluding hydrogens is 706 g/mol. The highest BCUT2D eigenvalue weighted by Gasteiger charge is 2.17. The average molecular weight is 750 g/mol. The number of hydrogen-bond donors (Lipinski definition) is 4. The number of hydrogen-bond acceptors (Lipinski definition) is 11. The topological polar surface area (TPSA) is 227 Å². The number of rotatable bonds is 11. The maximum Gasteiger partial charge on any atom is 0.340 e. The third-order valence-corrected chi connectivity index (χ3v) is 7.17. The number of nitrogen functional groups attached to an aromatic ring is 1. The number of nitrogens with two attached hydrogens (primary N) is 3. The van der Waals surface area contributed by atoms with Crippen molar-refractivity contribution in [2.24, 2.45) is 5.73 Å². The highest BCUT2D eigenvalue weighted by atomic mass is 16.5. The summed E-state index contributed by atoms with van der Waals surface area (Å²) in [4.78, 5) is 39.7. The molecule has 0 bridgehead atoms. The minimum absolute atomic E-state index is 0.174. The number of aliphatic carboxylic acids is 1. The molecule has 6 rings (SSSR count). The fourth-order valence-electron chi connectivity index (χ4n) is 4.64. The van der Waals surface area contributed by atoms with Gasteiger partial charge in [0.15, 0.2) is 23.0 Å². The first kappa shape index (κ1) is 42.1. The summed E-state index contributed by atoms with van der Waals surface area (Å²) in [6.45, 7) is 1.94. The van der Waals surface area contributed by atoms with Crippen LogP contribution in [0.3, 0.4) is 0 Å². The number of ether oxygens (including phenoxy) is 5. The number of aromatic nitrogens is 2. The van der Waals surface area contributed by atoms with Crippen molar-refractivity contribution in [1.29, 1.82) is 0 Å². The number of carbonyl (C=O) groups is 2. The van der Waals surface area contributed by atoms with Gasteiger partial charge in [0.05, 0.1) is 42.7 Å². The van der Waals surface area contributed by atoms with Crippen molar-refractivity contribution in [2.75, 3.05) is 20.0 Å². The van der Waals surface area contributed by atoms with Crippen molar-refractivity contribution < 1.29 is 43.8 Å². The van der Waals surface area contributed by atoms with E-state index < -0.39 is 11.9 Å². The van der Waals surface area contributed by atoms with E-state index in [4.69, 9.17) is 39.3 Å². The van der Waals surface area contributed by atoms with Crippen LogP contribution in [0.15, 0.2) is 126 Å². The Morgan fingerprint density at radius 2 is 1.18 bits per heavy atom. The Balaban J connectivity index is 0.000000258. The molecule has 0 aliphatic carbocycles. The summed E-state index contributed by atoms with van der Waals surface area (Å²) in [5.74, 6) is 0.374. The molecular formula is C41H43N5O9. The van der Waals surface area contributed by atoms with Gasteiger partial charge in [-0.2, -0.15) is 0 Å². The van der Waals surface area contributed by atoms with Gasteiger partial charge < -0.3 is 44.3 Å². The molecule has 7 N–H and O–H groups in total. The van der Waals surface area contributed by atoms with E-state index in [2.05, 4.69) is 21.1 Å². The normalized spacial score (nSPS) is 9.73. The van der Waals surface area contributed by atoms with E-state index in [0.29, 0.717) is 47.1 Å². The van der Waals surface area contributed by atoms with Crippen molar-refractivity contribution in [2.45, 2.75) is 26.7 Å². The van der Waals surface area contributed by atoms with Crippen molar-refractivity contribution >= 4 is 34.9 Å². The number of anilines is 1. The number of H-pyrrole nitrogens is 1. The first-order chi connectivity index (χ1) is 26.6. The van der Waals surface area contributed by atoms with E-state index >= 15 is 0 Å². The Kier molecular flexibility index (Phi) is 17.3. The molecule has 5 aromatic carbocycles. The van der Waals surface area contributed by atoms with Crippen LogP contribution in [0.4, 0.5) is 5.69 Å². The number of esters is 1. The van der Waals surface area contributed by atoms with E-state index in [-0.39, 0.29) is 23.4 Å². The largest absolute Gasteiger partial charge is 0.550 e. The molecule has 0 unspecified atom stereocenters. The highest BCUT2D eigenvalue weighted by Crippen LogP contribution is 2.34. The zero-order chi connectivity index (χ0) is 40.0. The van der Waals surface area contributed by atoms with Crippen LogP contribution in [0.2, 0.25) is 0 Å². The van der Waals surface area contributed by atoms with Crippen molar-refractivity contribution in [3.8, 4) is 23.0 Å². The summed E-state index contributed by atoms with van der Waals surface area (Å²) in [5.41, 5.74) is 14.4. The van der Waals surface area contributed by atoms with Crippen LogP contribution < -0.4 is 46.5 Å². The van der Waals surface area contributed by atoms with E-state index in [9.17, 15) is 9.59 Å². The molecule has 1 aromatic heterocycles. The van der Waals surface area contributed by atoms with Crippen LogP contribution in [-0.4, -0.2) is 42.5 Å². The average Bonchev–Trinajstić information content (AvgIpc) is 3.19. The van der Waals surface area contributed by atoms with Crippen molar-refractivity contribution in [3.05, 3.63) is 154 Å². The molecule has 0 fully saturated rings. The summed E-state index contributed by atoms with van der Waals surface area (Å²) < 4.78 is 27.6. The van der Waals surface area contributed by atoms with E-state index in [1.165, 1.54) is 13.4 Å². The molecule has 0 radical (unpaired) electrons. The zero-order valence-electron chi connectivity index (χ0n) is 30.6. The third kappa shape index (κ3) is 14.0. The Labute approximate surface area is 317 Å². The van der Waals surface area contributed by atoms with Gasteiger partial charge in [-0.05, 0) is 29.7 Å². The molecule has 55 heavy (non-hydrogen) atoms. The van der Waals surface area contributed by atoms with Crippen LogP contribution in [0.25, 0.3) is 10.9 Å². The third-order valence-electron chi connectivity index (χ3n) is 7.17. The smallest absolute Gasteiger partial charge is 0.340 e. The summed E-state index contributed by atoms with van der Waals surface area (Å²) in [7, 11) is 3.06. The zero-order valence-corrected chi connectivity index (χ0v) is 30.6. The molecule has 6 aromatic rings. The first-order valence-electron chi connectivity index (χ1n) is 16.6. The monoisotopic (exact) mass is 749 g/mol. The second-order valence-electron chi connectivity index (χ2n) is 11.1. The maximum absolute atomic E-state index is 12.4. The van der Waals surface area contributed by atoms with Gasteiger partial charge in [-0.1, -0.05) is 91.0 Å². The number of aromatic amines is 1. The molecule has 0 aliphatic heterocycles. The number of nitrogens with zero attached hydrogens (tertiary/aromatic N) is 1. The lowest BCUT2D eigenvalue weighted by molar-refractivity contribution is -0.302. The minimum Gasteiger partial charge on any atom is -0.550 e. The number of carboxylic acid groups (broad SMARTS) is 1. The molecule has 0 saturated heterocycles. The Bertz CT molecular complexity index is 2160. The van der Waals surface area contributed by atoms with Gasteiger partial charge in [-0.15, -0.1) is 0 Å². The summed E-state index contributed by atoms with van der Waals surface area (Å²) in [5, 5.41) is 13.9. The second kappa shape index (κ2) is 22.6. The number of fused-ring (bicyclic) bond motifs is 1. The van der Waals surface area contributed by atoms with E-state index in [1.807, 2.05) is 91.0 Å². The van der Waals surface area contributed by atoms with Gasteiger partial charge in [-0.25, -0.2) is 9.78 Å². The van der Waals surface area contributed by atoms with E-state index in [1.54, 1.807) is 31.4 Å². The Morgan fingerprint density at radius 3 is 1.65 bits per heavy atom. The lowest BCUT2D eigenvalue weighted by Crippen LogP contribution is -2.33. The predicted octanol–water partition coefficient (Wildman–Crippen LogP) is 3.21. The van der Waals surface area contributed by atoms with Gasteiger partial charge in [-0.3, -0.25) is 15.9 Å². The van der Waals surface area contributed by atoms with Gasteiger partial charge in [0.1, 0.15) is 19.8 Å². The standard InChI is InChI=1S/C22H21NO4.C16H14N2O3.C2H4O2.CH4N2/c1-25-20-12-18(22(24)27-15-17-10-6-3-7-11-17)19(23)13-21(20)26-14-16-8-4-2-5-9-16;1-20-14-7-12-13(17-10-18-16(12)19)8-15(14)21-9-11-5-3-2-4-6-11;1-2(3)4;2-1-3/h2-13H,14-15,23H2,1H3;2-8,10H,9H2,1H3,(H,17,18,19);1H3,(H,3,4);1H,(H3,2,3). The predicted molar refractivity (Wildman–Crippen MR) is 206 cm³/mol.